The van der Waals surface area contributed by atoms with Crippen LogP contribution in [-0.2, 0) is 0 Å². The molecule has 1 aliphatic heterocycles. The Bertz CT molecular complexity index is 488. The van der Waals surface area contributed by atoms with Crippen LogP contribution >= 0.6 is 0 Å². The minimum absolute atomic E-state index is 0.0512. The second kappa shape index (κ2) is 8.46. The van der Waals surface area contributed by atoms with Crippen LogP contribution in [0.2, 0.25) is 0 Å². The molecule has 0 bridgehead atoms. The molecule has 1 aromatic carbocycles. The van der Waals surface area contributed by atoms with E-state index in [1.54, 1.807) is 0 Å². The Balaban J connectivity index is 1.45. The third-order valence-electron chi connectivity index (χ3n) is 5.17. The molecule has 4 heteroatoms. The molecule has 0 radical (unpaired) electrons. The Labute approximate surface area is 139 Å². The lowest BCUT2D eigenvalue weighted by Gasteiger charge is -2.27. The summed E-state index contributed by atoms with van der Waals surface area (Å²) in [5, 5.41) is 6.39. The summed E-state index contributed by atoms with van der Waals surface area (Å²) < 4.78 is 0. The quantitative estimate of drug-likeness (QED) is 0.877. The standard InChI is InChI=1S/C19H29N3O/c23-19(21-12-15-22-13-10-20-11-14-22)18-8-6-17(7-9-18)16-4-2-1-3-5-16/h6-9,16,20H,1-5,10-15H2,(H,21,23). The molecule has 0 aromatic heterocycles. The molecule has 1 saturated carbocycles. The van der Waals surface area contributed by atoms with Crippen LogP contribution < -0.4 is 10.6 Å². The summed E-state index contributed by atoms with van der Waals surface area (Å²) in [4.78, 5) is 14.6. The van der Waals surface area contributed by atoms with Gasteiger partial charge in [-0.2, -0.15) is 0 Å². The van der Waals surface area contributed by atoms with E-state index in [-0.39, 0.29) is 5.91 Å². The van der Waals surface area contributed by atoms with Gasteiger partial charge in [-0.1, -0.05) is 31.4 Å². The van der Waals surface area contributed by atoms with Gasteiger partial charge in [0.05, 0.1) is 0 Å². The van der Waals surface area contributed by atoms with E-state index in [2.05, 4.69) is 27.7 Å². The van der Waals surface area contributed by atoms with Crippen molar-refractivity contribution in [1.82, 2.24) is 15.5 Å². The zero-order valence-corrected chi connectivity index (χ0v) is 14.0. The fraction of sp³-hybridized carbons (Fsp3) is 0.632. The number of carbonyl (C=O) groups excluding carboxylic acids is 1. The van der Waals surface area contributed by atoms with Crippen molar-refractivity contribution in [2.24, 2.45) is 0 Å². The van der Waals surface area contributed by atoms with Crippen LogP contribution in [0.5, 0.6) is 0 Å². The van der Waals surface area contributed by atoms with Crippen LogP contribution in [0, 0.1) is 0 Å². The van der Waals surface area contributed by atoms with E-state index in [0.717, 1.165) is 44.8 Å². The molecule has 23 heavy (non-hydrogen) atoms. The monoisotopic (exact) mass is 315 g/mol. The van der Waals surface area contributed by atoms with E-state index in [9.17, 15) is 4.79 Å². The van der Waals surface area contributed by atoms with E-state index in [4.69, 9.17) is 0 Å². The fourth-order valence-electron chi connectivity index (χ4n) is 3.71. The number of rotatable bonds is 5. The van der Waals surface area contributed by atoms with Crippen molar-refractivity contribution < 1.29 is 4.79 Å². The van der Waals surface area contributed by atoms with Crippen molar-refractivity contribution in [2.75, 3.05) is 39.3 Å². The highest BCUT2D eigenvalue weighted by atomic mass is 16.1. The summed E-state index contributed by atoms with van der Waals surface area (Å²) in [6.07, 6.45) is 6.67. The smallest absolute Gasteiger partial charge is 0.251 e. The maximum Gasteiger partial charge on any atom is 0.251 e. The zero-order chi connectivity index (χ0) is 15.9. The summed E-state index contributed by atoms with van der Waals surface area (Å²) in [6, 6.07) is 8.29. The van der Waals surface area contributed by atoms with Crippen molar-refractivity contribution in [3.05, 3.63) is 35.4 Å². The lowest BCUT2D eigenvalue weighted by atomic mass is 9.84. The van der Waals surface area contributed by atoms with Gasteiger partial charge in [0.15, 0.2) is 0 Å². The van der Waals surface area contributed by atoms with Gasteiger partial charge in [0.25, 0.3) is 5.91 Å². The summed E-state index contributed by atoms with van der Waals surface area (Å²) >= 11 is 0. The predicted molar refractivity (Wildman–Crippen MR) is 93.9 cm³/mol. The average Bonchev–Trinajstić information content (AvgIpc) is 2.63. The van der Waals surface area contributed by atoms with Gasteiger partial charge in [0.2, 0.25) is 0 Å². The van der Waals surface area contributed by atoms with Gasteiger partial charge in [-0.15, -0.1) is 0 Å². The van der Waals surface area contributed by atoms with Gasteiger partial charge in [-0.25, -0.2) is 0 Å². The molecule has 0 spiro atoms. The Morgan fingerprint density at radius 1 is 1.09 bits per heavy atom. The number of carbonyl (C=O) groups is 1. The average molecular weight is 315 g/mol. The first-order valence-electron chi connectivity index (χ1n) is 9.14. The van der Waals surface area contributed by atoms with Gasteiger partial charge in [-0.3, -0.25) is 9.69 Å². The third kappa shape index (κ3) is 4.79. The van der Waals surface area contributed by atoms with E-state index in [0.29, 0.717) is 5.92 Å². The molecular formula is C19H29N3O. The van der Waals surface area contributed by atoms with Gasteiger partial charge in [0.1, 0.15) is 0 Å². The van der Waals surface area contributed by atoms with Gasteiger partial charge < -0.3 is 10.6 Å². The number of hydrogen-bond donors (Lipinski definition) is 2. The van der Waals surface area contributed by atoms with Crippen molar-refractivity contribution >= 4 is 5.91 Å². The zero-order valence-electron chi connectivity index (χ0n) is 14.0. The summed E-state index contributed by atoms with van der Waals surface area (Å²) in [5.41, 5.74) is 2.19. The molecule has 0 atom stereocenters. The molecule has 2 N–H and O–H groups in total. The van der Waals surface area contributed by atoms with Crippen molar-refractivity contribution in [3.63, 3.8) is 0 Å². The number of amides is 1. The van der Waals surface area contributed by atoms with Crippen LogP contribution in [0.15, 0.2) is 24.3 Å². The Hall–Kier alpha value is -1.39. The normalized spacial score (nSPS) is 20.3. The maximum absolute atomic E-state index is 12.2. The van der Waals surface area contributed by atoms with Gasteiger partial charge in [0, 0.05) is 44.8 Å². The highest BCUT2D eigenvalue weighted by molar-refractivity contribution is 5.94. The van der Waals surface area contributed by atoms with Gasteiger partial charge in [-0.05, 0) is 36.5 Å². The molecule has 3 rings (SSSR count). The fourth-order valence-corrected chi connectivity index (χ4v) is 3.71. The molecule has 0 unspecified atom stereocenters. The lowest BCUT2D eigenvalue weighted by molar-refractivity contribution is 0.0947. The first kappa shape index (κ1) is 16.5. The van der Waals surface area contributed by atoms with Crippen LogP contribution in [-0.4, -0.2) is 50.1 Å². The highest BCUT2D eigenvalue weighted by Gasteiger charge is 2.16. The van der Waals surface area contributed by atoms with Crippen LogP contribution in [0.4, 0.5) is 0 Å². The molecule has 1 amide bonds. The van der Waals surface area contributed by atoms with Crippen molar-refractivity contribution in [2.45, 2.75) is 38.0 Å². The summed E-state index contributed by atoms with van der Waals surface area (Å²) in [7, 11) is 0. The molecule has 2 aliphatic rings. The lowest BCUT2D eigenvalue weighted by Crippen LogP contribution is -2.46. The molecule has 1 heterocycles. The summed E-state index contributed by atoms with van der Waals surface area (Å²) in [6.45, 7) is 5.92. The molecule has 126 valence electrons. The Morgan fingerprint density at radius 3 is 2.48 bits per heavy atom. The van der Waals surface area contributed by atoms with Crippen LogP contribution in [0.3, 0.4) is 0 Å². The molecule has 1 aliphatic carbocycles. The number of nitrogens with zero attached hydrogens (tertiary/aromatic N) is 1. The number of hydrogen-bond acceptors (Lipinski definition) is 3. The van der Waals surface area contributed by atoms with E-state index in [1.807, 2.05) is 12.1 Å². The number of benzene rings is 1. The van der Waals surface area contributed by atoms with Gasteiger partial charge >= 0.3 is 0 Å². The minimum Gasteiger partial charge on any atom is -0.351 e. The second-order valence-electron chi connectivity index (χ2n) is 6.80. The van der Waals surface area contributed by atoms with Crippen molar-refractivity contribution in [1.29, 1.82) is 0 Å². The SMILES string of the molecule is O=C(NCCN1CCNCC1)c1ccc(C2CCCCC2)cc1. The van der Waals surface area contributed by atoms with E-state index in [1.165, 1.54) is 37.7 Å². The minimum atomic E-state index is 0.0512. The van der Waals surface area contributed by atoms with Crippen LogP contribution in [0.25, 0.3) is 0 Å². The van der Waals surface area contributed by atoms with Crippen molar-refractivity contribution in [3.8, 4) is 0 Å². The predicted octanol–water partition coefficient (Wildman–Crippen LogP) is 2.37. The highest BCUT2D eigenvalue weighted by Crippen LogP contribution is 2.32. The summed E-state index contributed by atoms with van der Waals surface area (Å²) in [5.74, 6) is 0.754. The largest absolute Gasteiger partial charge is 0.351 e. The molecule has 1 saturated heterocycles. The second-order valence-corrected chi connectivity index (χ2v) is 6.80. The molecule has 4 nitrogen and oxygen atoms in total. The first-order chi connectivity index (χ1) is 11.3. The number of nitrogens with one attached hydrogen (secondary N) is 2. The van der Waals surface area contributed by atoms with E-state index >= 15 is 0 Å². The van der Waals surface area contributed by atoms with E-state index < -0.39 is 0 Å². The molecular weight excluding hydrogens is 286 g/mol. The third-order valence-corrected chi connectivity index (χ3v) is 5.17. The maximum atomic E-state index is 12.2. The molecule has 1 aromatic rings. The first-order valence-corrected chi connectivity index (χ1v) is 9.14. The Morgan fingerprint density at radius 2 is 1.78 bits per heavy atom. The topological polar surface area (TPSA) is 44.4 Å². The Kier molecular flexibility index (Phi) is 6.06. The molecule has 2 fully saturated rings. The van der Waals surface area contributed by atoms with Crippen LogP contribution in [0.1, 0.15) is 53.9 Å². The number of piperazine rings is 1.